The number of hydrogen-bond donors (Lipinski definition) is 8. The molecule has 0 atom stereocenters. The second-order valence-electron chi connectivity index (χ2n) is 9.55. The summed E-state index contributed by atoms with van der Waals surface area (Å²) >= 11 is 0. The minimum atomic E-state index is -1.44. The van der Waals surface area contributed by atoms with Gasteiger partial charge in [0.15, 0.2) is 14.6 Å². The molecule has 4 rings (SSSR count). The molecule has 18 heteroatoms. The highest BCUT2D eigenvalue weighted by Gasteiger charge is 2.23. The predicted octanol–water partition coefficient (Wildman–Crippen LogP) is 0.0913. The van der Waals surface area contributed by atoms with E-state index in [-0.39, 0.29) is 27.6 Å². The summed E-state index contributed by atoms with van der Waals surface area (Å²) in [6.45, 7) is 2.00. The maximum Gasteiger partial charge on any atom is 0.339 e. The first-order valence-corrected chi connectivity index (χ1v) is 13.4. The van der Waals surface area contributed by atoms with Gasteiger partial charge in [0.2, 0.25) is 0 Å². The van der Waals surface area contributed by atoms with Gasteiger partial charge >= 0.3 is 41.8 Å². The fourth-order valence-electron chi connectivity index (χ4n) is 4.35. The molecule has 0 amide bonds. The Balaban J connectivity index is 0.000000331. The van der Waals surface area contributed by atoms with Crippen LogP contribution >= 0.6 is 0 Å². The Bertz CT molecular complexity index is 1950. The van der Waals surface area contributed by atoms with E-state index in [9.17, 15) is 43.8 Å². The van der Waals surface area contributed by atoms with E-state index in [0.29, 0.717) is 10.9 Å². The van der Waals surface area contributed by atoms with Crippen molar-refractivity contribution in [2.75, 3.05) is 0 Å². The van der Waals surface area contributed by atoms with Gasteiger partial charge in [-0.05, 0) is 29.7 Å². The number of hydrogen-bond acceptors (Lipinski definition) is 9. The van der Waals surface area contributed by atoms with Crippen molar-refractivity contribution in [2.45, 2.75) is 0 Å². The second kappa shape index (κ2) is 17.1. The Labute approximate surface area is 281 Å². The molecule has 0 bridgehead atoms. The lowest BCUT2D eigenvalue weighted by Gasteiger charge is -2.10. The van der Waals surface area contributed by atoms with Crippen LogP contribution in [0.15, 0.2) is 72.8 Å². The molecule has 4 aromatic rings. The number of para-hydroxylation sites is 1. The molecule has 0 aliphatic carbocycles. The van der Waals surface area contributed by atoms with Gasteiger partial charge in [0.1, 0.15) is 18.1 Å². The molecule has 0 aliphatic heterocycles. The van der Waals surface area contributed by atoms with Crippen molar-refractivity contribution >= 4 is 85.0 Å². The number of benzene rings is 4. The first-order valence-electron chi connectivity index (χ1n) is 13.4. The van der Waals surface area contributed by atoms with E-state index in [2.05, 4.69) is 0 Å². The van der Waals surface area contributed by atoms with Crippen LogP contribution in [-0.2, 0) is 4.79 Å². The molecule has 0 fully saturated rings. The lowest BCUT2D eigenvalue weighted by molar-refractivity contribution is -0.0980. The van der Waals surface area contributed by atoms with E-state index in [1.807, 2.05) is 6.79 Å². The fourth-order valence-corrected chi connectivity index (χ4v) is 4.35. The van der Waals surface area contributed by atoms with Gasteiger partial charge in [-0.15, -0.1) is 0 Å². The number of aromatic hydroxyl groups is 1. The van der Waals surface area contributed by atoms with Gasteiger partial charge in [0.25, 0.3) is 0 Å². The number of phenols is 1. The van der Waals surface area contributed by atoms with E-state index in [0.717, 1.165) is 30.3 Å². The van der Waals surface area contributed by atoms with E-state index in [4.69, 9.17) is 35.4 Å². The number of carbonyl (C=O) groups excluding carboxylic acids is 1. The first-order chi connectivity index (χ1) is 23.5. The van der Waals surface area contributed by atoms with Gasteiger partial charge < -0.3 is 45.6 Å². The predicted molar refractivity (Wildman–Crippen MR) is 173 cm³/mol. The Hall–Kier alpha value is -7.23. The van der Waals surface area contributed by atoms with Crippen molar-refractivity contribution in [2.24, 2.45) is 0 Å². The molecule has 0 saturated heterocycles. The molecule has 0 unspecified atom stereocenters. The lowest BCUT2D eigenvalue weighted by Crippen LogP contribution is -2.34. The summed E-state index contributed by atoms with van der Waals surface area (Å²) in [5, 5.41) is 73.4. The van der Waals surface area contributed by atoms with Crippen LogP contribution in [-0.4, -0.2) is 104 Å². The summed E-state index contributed by atoms with van der Waals surface area (Å²) in [7, 11) is 2.63. The number of carbonyl (C=O) groups is 8. The molecule has 8 N–H and O–H groups in total. The summed E-state index contributed by atoms with van der Waals surface area (Å²) in [5.41, 5.74) is -2.03. The van der Waals surface area contributed by atoms with Crippen molar-refractivity contribution in [3.05, 3.63) is 112 Å². The zero-order valence-electron chi connectivity index (χ0n) is 25.1. The molecular weight excluding hydrogens is 662 g/mol. The number of carboxylic acids is 7. The van der Waals surface area contributed by atoms with Crippen molar-refractivity contribution in [1.82, 2.24) is 0 Å². The molecule has 0 spiro atoms. The van der Waals surface area contributed by atoms with E-state index >= 15 is 0 Å². The largest absolute Gasteiger partial charge is 0.508 e. The topological polar surface area (TPSA) is 298 Å². The van der Waals surface area contributed by atoms with Crippen LogP contribution in [0.1, 0.15) is 72.5 Å². The molecule has 2 radical (unpaired) electrons. The van der Waals surface area contributed by atoms with Crippen molar-refractivity contribution in [3.8, 4) is 5.75 Å². The van der Waals surface area contributed by atoms with E-state index < -0.39 is 69.8 Å². The van der Waals surface area contributed by atoms with Crippen LogP contribution in [0.5, 0.6) is 5.75 Å². The third-order valence-corrected chi connectivity index (χ3v) is 6.49. The summed E-state index contributed by atoms with van der Waals surface area (Å²) in [6, 6.07) is 15.1. The third kappa shape index (κ3) is 9.41. The zero-order valence-corrected chi connectivity index (χ0v) is 25.1. The lowest BCUT2D eigenvalue weighted by atomic mass is 9.61. The van der Waals surface area contributed by atoms with E-state index in [1.54, 1.807) is 0 Å². The molecular formula is C32H22B2O16. The molecule has 252 valence electrons. The maximum atomic E-state index is 11.4. The van der Waals surface area contributed by atoms with Gasteiger partial charge in [0, 0.05) is 0 Å². The molecule has 4 aromatic carbocycles. The van der Waals surface area contributed by atoms with Gasteiger partial charge in [-0.2, -0.15) is 0 Å². The number of rotatable bonds is 11. The van der Waals surface area contributed by atoms with Gasteiger partial charge in [0.05, 0.1) is 33.4 Å². The summed E-state index contributed by atoms with van der Waals surface area (Å²) in [5.74, 6) is -10.3. The van der Waals surface area contributed by atoms with Crippen LogP contribution < -0.4 is 21.9 Å². The molecule has 0 aliphatic rings. The smallest absolute Gasteiger partial charge is 0.339 e. The molecule has 16 nitrogen and oxygen atoms in total. The van der Waals surface area contributed by atoms with Gasteiger partial charge in [-0.3, -0.25) is 0 Å². The average molecular weight is 684 g/mol. The Kier molecular flexibility index (Phi) is 13.3. The Morgan fingerprint density at radius 3 is 1.18 bits per heavy atom. The third-order valence-electron chi connectivity index (χ3n) is 6.49. The zero-order chi connectivity index (χ0) is 37.9. The average Bonchev–Trinajstić information content (AvgIpc) is 3.06. The highest BCUT2D eigenvalue weighted by atomic mass is 16.4. The van der Waals surface area contributed by atoms with Crippen LogP contribution in [0.2, 0.25) is 0 Å². The quantitative estimate of drug-likeness (QED) is 0.0971. The number of aromatic carboxylic acids is 7. The fraction of sp³-hybridized carbons (Fsp3) is 0. The summed E-state index contributed by atoms with van der Waals surface area (Å²) in [4.78, 5) is 85.9. The monoisotopic (exact) mass is 684 g/mol. The molecule has 50 heavy (non-hydrogen) atoms. The molecule has 0 aromatic heterocycles. The Morgan fingerprint density at radius 2 is 0.800 bits per heavy atom. The van der Waals surface area contributed by atoms with E-state index in [1.165, 1.54) is 57.0 Å². The van der Waals surface area contributed by atoms with Crippen LogP contribution in [0.3, 0.4) is 0 Å². The van der Waals surface area contributed by atoms with Crippen LogP contribution in [0, 0.1) is 0 Å². The Morgan fingerprint density at radius 1 is 0.420 bits per heavy atom. The van der Waals surface area contributed by atoms with Crippen LogP contribution in [0.4, 0.5) is 0 Å². The SMILES string of the molecule is C=O.O=C(O)c1ccc([B]c2ccc(C(=O)O)c(C(=O)O)c2)cc1C(=O)O.O=C(O)c1cccc([B]c2cccc(C(=O)O)c2C(=O)O)c1O. The standard InChI is InChI=1S/C16H10BO8.C15H10BO7.CH2O/c18-13(19)9-3-1-7(5-11(9)15(22)23)17-8-2-4-10(14(20)21)12(6-8)16(24)25;17-12-8(14(20)21)4-2-6-10(12)16-9-5-1-3-7(13(18)19)11(9)15(22)23;1-2/h1-6H,(H,18,19)(H,20,21)(H,22,23)(H,24,25);1-6,17H,(H,18,19)(H,20,21)(H,22,23);1H2. The van der Waals surface area contributed by atoms with Crippen LogP contribution in [0.25, 0.3) is 0 Å². The van der Waals surface area contributed by atoms with Gasteiger partial charge in [-0.1, -0.05) is 64.9 Å². The first kappa shape index (κ1) is 39.0. The highest BCUT2D eigenvalue weighted by molar-refractivity contribution is 6.69. The van der Waals surface area contributed by atoms with Crippen molar-refractivity contribution in [3.63, 3.8) is 0 Å². The normalized spacial score (nSPS) is 9.76. The minimum Gasteiger partial charge on any atom is -0.508 e. The van der Waals surface area contributed by atoms with Crippen molar-refractivity contribution in [1.29, 1.82) is 0 Å². The number of carboxylic acid groups (broad SMARTS) is 7. The van der Waals surface area contributed by atoms with Gasteiger partial charge in [-0.25, -0.2) is 33.6 Å². The second-order valence-corrected chi connectivity index (χ2v) is 9.55. The maximum absolute atomic E-state index is 11.4. The minimum absolute atomic E-state index is 0.0373. The highest BCUT2D eigenvalue weighted by Crippen LogP contribution is 2.14. The van der Waals surface area contributed by atoms with Crippen molar-refractivity contribution < 1.29 is 79.2 Å². The molecule has 0 saturated carbocycles. The molecule has 0 heterocycles. The summed E-state index contributed by atoms with van der Waals surface area (Å²) in [6.07, 6.45) is 0. The summed E-state index contributed by atoms with van der Waals surface area (Å²) < 4.78 is 0.